The topological polar surface area (TPSA) is 72.3 Å². The number of nitrogens with zero attached hydrogens (tertiary/aromatic N) is 4. The predicted molar refractivity (Wildman–Crippen MR) is 94.4 cm³/mol. The molecule has 0 radical (unpaired) electrons. The maximum Gasteiger partial charge on any atom is 0.321 e. The quantitative estimate of drug-likeness (QED) is 0.775. The second kappa shape index (κ2) is 7.48. The number of amides is 2. The second-order valence-electron chi connectivity index (χ2n) is 5.53. The van der Waals surface area contributed by atoms with Gasteiger partial charge in [-0.2, -0.15) is 5.10 Å². The molecule has 3 rings (SSSR count). The van der Waals surface area contributed by atoms with Gasteiger partial charge in [-0.15, -0.1) is 0 Å². The molecule has 0 saturated heterocycles. The third-order valence-corrected chi connectivity index (χ3v) is 3.61. The van der Waals surface area contributed by atoms with Crippen molar-refractivity contribution < 1.29 is 9.53 Å². The SMILES string of the molecule is CN(Cc1ncnn1C)C(=O)Nc1ccc(Oc2ccccc2)cc1. The molecule has 0 saturated carbocycles. The van der Waals surface area contributed by atoms with Gasteiger partial charge in [0, 0.05) is 19.8 Å². The lowest BCUT2D eigenvalue weighted by Gasteiger charge is -2.17. The summed E-state index contributed by atoms with van der Waals surface area (Å²) in [7, 11) is 3.50. The minimum Gasteiger partial charge on any atom is -0.457 e. The molecule has 25 heavy (non-hydrogen) atoms. The van der Waals surface area contributed by atoms with E-state index in [1.165, 1.54) is 6.33 Å². The number of carbonyl (C=O) groups is 1. The van der Waals surface area contributed by atoms with E-state index in [1.807, 2.05) is 42.5 Å². The Bertz CT molecular complexity index is 830. The number of carbonyl (C=O) groups excluding carboxylic acids is 1. The van der Waals surface area contributed by atoms with Gasteiger partial charge in [-0.1, -0.05) is 18.2 Å². The molecule has 1 N–H and O–H groups in total. The summed E-state index contributed by atoms with van der Waals surface area (Å²) in [4.78, 5) is 17.9. The number of hydrogen-bond acceptors (Lipinski definition) is 4. The van der Waals surface area contributed by atoms with Crippen LogP contribution >= 0.6 is 0 Å². The third kappa shape index (κ3) is 4.35. The van der Waals surface area contributed by atoms with E-state index in [9.17, 15) is 4.79 Å². The first-order chi connectivity index (χ1) is 12.1. The maximum atomic E-state index is 12.3. The number of hydrogen-bond donors (Lipinski definition) is 1. The number of rotatable bonds is 5. The van der Waals surface area contributed by atoms with Crippen LogP contribution in [0.3, 0.4) is 0 Å². The van der Waals surface area contributed by atoms with Crippen molar-refractivity contribution in [3.63, 3.8) is 0 Å². The van der Waals surface area contributed by atoms with Crippen LogP contribution in [0.4, 0.5) is 10.5 Å². The van der Waals surface area contributed by atoms with Gasteiger partial charge in [0.1, 0.15) is 23.7 Å². The Morgan fingerprint density at radius 3 is 2.44 bits per heavy atom. The Kier molecular flexibility index (Phi) is 4.94. The number of aryl methyl sites for hydroxylation is 1. The monoisotopic (exact) mass is 337 g/mol. The largest absolute Gasteiger partial charge is 0.457 e. The van der Waals surface area contributed by atoms with Crippen molar-refractivity contribution in [2.75, 3.05) is 12.4 Å². The molecule has 2 amide bonds. The van der Waals surface area contributed by atoms with E-state index in [4.69, 9.17) is 4.74 Å². The Hall–Kier alpha value is -3.35. The third-order valence-electron chi connectivity index (χ3n) is 3.61. The van der Waals surface area contributed by atoms with E-state index in [-0.39, 0.29) is 6.03 Å². The van der Waals surface area contributed by atoms with Gasteiger partial charge in [0.2, 0.25) is 0 Å². The molecule has 0 aliphatic heterocycles. The summed E-state index contributed by atoms with van der Waals surface area (Å²) in [5.41, 5.74) is 0.690. The van der Waals surface area contributed by atoms with E-state index in [1.54, 1.807) is 35.8 Å². The summed E-state index contributed by atoms with van der Waals surface area (Å²) in [6.07, 6.45) is 1.46. The number of nitrogens with one attached hydrogen (secondary N) is 1. The fraction of sp³-hybridized carbons (Fsp3) is 0.167. The Morgan fingerprint density at radius 1 is 1.12 bits per heavy atom. The van der Waals surface area contributed by atoms with E-state index >= 15 is 0 Å². The average Bonchev–Trinajstić information content (AvgIpc) is 3.02. The minimum absolute atomic E-state index is 0.222. The van der Waals surface area contributed by atoms with Crippen LogP contribution in [0.1, 0.15) is 5.82 Å². The first-order valence-corrected chi connectivity index (χ1v) is 7.80. The molecule has 2 aromatic carbocycles. The molecule has 7 nitrogen and oxygen atoms in total. The molecule has 0 atom stereocenters. The molecule has 3 aromatic rings. The number of ether oxygens (including phenoxy) is 1. The van der Waals surface area contributed by atoms with Crippen molar-refractivity contribution in [1.82, 2.24) is 19.7 Å². The minimum atomic E-state index is -0.222. The van der Waals surface area contributed by atoms with Crippen LogP contribution in [-0.4, -0.2) is 32.7 Å². The van der Waals surface area contributed by atoms with Crippen molar-refractivity contribution >= 4 is 11.7 Å². The van der Waals surface area contributed by atoms with E-state index < -0.39 is 0 Å². The Labute approximate surface area is 145 Å². The molecule has 7 heteroatoms. The Morgan fingerprint density at radius 2 is 1.80 bits per heavy atom. The van der Waals surface area contributed by atoms with Crippen LogP contribution in [-0.2, 0) is 13.6 Å². The lowest BCUT2D eigenvalue weighted by Crippen LogP contribution is -2.31. The molecular formula is C18H19N5O2. The highest BCUT2D eigenvalue weighted by atomic mass is 16.5. The summed E-state index contributed by atoms with van der Waals surface area (Å²) in [6.45, 7) is 0.373. The summed E-state index contributed by atoms with van der Waals surface area (Å²) in [5, 5.41) is 6.83. The fourth-order valence-corrected chi connectivity index (χ4v) is 2.20. The van der Waals surface area contributed by atoms with Gasteiger partial charge in [0.15, 0.2) is 0 Å². The number of anilines is 1. The number of benzene rings is 2. The zero-order valence-electron chi connectivity index (χ0n) is 14.1. The van der Waals surface area contributed by atoms with Gasteiger partial charge in [0.25, 0.3) is 0 Å². The van der Waals surface area contributed by atoms with Crippen molar-refractivity contribution in [3.05, 3.63) is 66.7 Å². The Balaban J connectivity index is 1.57. The second-order valence-corrected chi connectivity index (χ2v) is 5.53. The van der Waals surface area contributed by atoms with Crippen molar-refractivity contribution in [2.45, 2.75) is 6.54 Å². The molecule has 0 aliphatic carbocycles. The zero-order valence-corrected chi connectivity index (χ0v) is 14.1. The molecular weight excluding hydrogens is 318 g/mol. The first kappa shape index (κ1) is 16.5. The van der Waals surface area contributed by atoms with Crippen molar-refractivity contribution in [2.24, 2.45) is 7.05 Å². The van der Waals surface area contributed by atoms with Crippen LogP contribution in [0.25, 0.3) is 0 Å². The van der Waals surface area contributed by atoms with E-state index in [0.717, 1.165) is 5.75 Å². The molecule has 0 bridgehead atoms. The zero-order chi connectivity index (χ0) is 17.6. The van der Waals surface area contributed by atoms with Crippen molar-refractivity contribution in [3.8, 4) is 11.5 Å². The summed E-state index contributed by atoms with van der Waals surface area (Å²) >= 11 is 0. The summed E-state index contributed by atoms with van der Waals surface area (Å²) in [6, 6.07) is 16.5. The van der Waals surface area contributed by atoms with Crippen LogP contribution in [0.5, 0.6) is 11.5 Å². The van der Waals surface area contributed by atoms with Crippen LogP contribution in [0.2, 0.25) is 0 Å². The molecule has 0 fully saturated rings. The maximum absolute atomic E-state index is 12.3. The first-order valence-electron chi connectivity index (χ1n) is 7.80. The standard InChI is InChI=1S/C18H19N5O2/c1-22(12-17-19-13-20-23(17)2)18(24)21-14-8-10-16(11-9-14)25-15-6-4-3-5-7-15/h3-11,13H,12H2,1-2H3,(H,21,24). The average molecular weight is 337 g/mol. The molecule has 1 heterocycles. The normalized spacial score (nSPS) is 10.3. The number of urea groups is 1. The fourth-order valence-electron chi connectivity index (χ4n) is 2.20. The van der Waals surface area contributed by atoms with Gasteiger partial charge in [-0.3, -0.25) is 4.68 Å². The van der Waals surface area contributed by atoms with Crippen LogP contribution < -0.4 is 10.1 Å². The predicted octanol–water partition coefficient (Wildman–Crippen LogP) is 3.27. The van der Waals surface area contributed by atoms with Gasteiger partial charge in [-0.05, 0) is 36.4 Å². The van der Waals surface area contributed by atoms with Crippen LogP contribution in [0.15, 0.2) is 60.9 Å². The molecule has 1 aromatic heterocycles. The number of para-hydroxylation sites is 1. The highest BCUT2D eigenvalue weighted by Crippen LogP contribution is 2.22. The summed E-state index contributed by atoms with van der Waals surface area (Å²) < 4.78 is 7.37. The lowest BCUT2D eigenvalue weighted by molar-refractivity contribution is 0.219. The van der Waals surface area contributed by atoms with E-state index in [2.05, 4.69) is 15.4 Å². The van der Waals surface area contributed by atoms with E-state index in [0.29, 0.717) is 23.8 Å². The van der Waals surface area contributed by atoms with Gasteiger partial charge < -0.3 is 15.0 Å². The number of aromatic nitrogens is 3. The molecule has 0 unspecified atom stereocenters. The lowest BCUT2D eigenvalue weighted by atomic mass is 10.3. The highest BCUT2D eigenvalue weighted by molar-refractivity contribution is 5.89. The molecule has 0 spiro atoms. The highest BCUT2D eigenvalue weighted by Gasteiger charge is 2.12. The molecule has 128 valence electrons. The van der Waals surface area contributed by atoms with Crippen molar-refractivity contribution in [1.29, 1.82) is 0 Å². The van der Waals surface area contributed by atoms with Gasteiger partial charge >= 0.3 is 6.03 Å². The summed E-state index contributed by atoms with van der Waals surface area (Å²) in [5.74, 6) is 2.18. The molecule has 0 aliphatic rings. The van der Waals surface area contributed by atoms with Gasteiger partial charge in [0.05, 0.1) is 6.54 Å². The van der Waals surface area contributed by atoms with Crippen LogP contribution in [0, 0.1) is 0 Å². The smallest absolute Gasteiger partial charge is 0.321 e. The van der Waals surface area contributed by atoms with Gasteiger partial charge in [-0.25, -0.2) is 9.78 Å².